The molecule has 1 aliphatic carbocycles. The van der Waals surface area contributed by atoms with Gasteiger partial charge in [-0.1, -0.05) is 24.8 Å². The van der Waals surface area contributed by atoms with Gasteiger partial charge in [0, 0.05) is 12.0 Å². The molecule has 0 bridgehead atoms. The number of hydrogen-bond acceptors (Lipinski definition) is 7. The van der Waals surface area contributed by atoms with E-state index in [4.69, 9.17) is 14.6 Å². The first-order valence-corrected chi connectivity index (χ1v) is 8.83. The predicted molar refractivity (Wildman–Crippen MR) is 97.4 cm³/mol. The van der Waals surface area contributed by atoms with E-state index in [9.17, 15) is 19.8 Å². The van der Waals surface area contributed by atoms with Crippen molar-refractivity contribution in [3.05, 3.63) is 47.6 Å². The Hall–Kier alpha value is -2.22. The monoisotopic (exact) mass is 378 g/mol. The first kappa shape index (κ1) is 21.1. The topological polar surface area (TPSA) is 113 Å². The van der Waals surface area contributed by atoms with Gasteiger partial charge in [0.2, 0.25) is 0 Å². The number of esters is 2. The van der Waals surface area contributed by atoms with Crippen molar-refractivity contribution in [2.45, 2.75) is 44.5 Å². The summed E-state index contributed by atoms with van der Waals surface area (Å²) in [4.78, 5) is 24.4. The van der Waals surface area contributed by atoms with Crippen LogP contribution < -0.4 is 0 Å². The van der Waals surface area contributed by atoms with E-state index < -0.39 is 42.8 Å². The Morgan fingerprint density at radius 3 is 2.78 bits per heavy atom. The van der Waals surface area contributed by atoms with Crippen LogP contribution in [0.1, 0.15) is 26.2 Å². The van der Waals surface area contributed by atoms with Gasteiger partial charge < -0.3 is 24.8 Å². The third-order valence-electron chi connectivity index (χ3n) is 4.84. The molecule has 0 amide bonds. The minimum absolute atomic E-state index is 0.163. The molecular formula is C20H26O7. The third-order valence-corrected chi connectivity index (χ3v) is 4.84. The maximum absolute atomic E-state index is 12.3. The van der Waals surface area contributed by atoms with E-state index in [-0.39, 0.29) is 17.8 Å². The Balaban J connectivity index is 2.36. The van der Waals surface area contributed by atoms with Gasteiger partial charge in [0.05, 0.1) is 24.7 Å². The lowest BCUT2D eigenvalue weighted by atomic mass is 9.85. The van der Waals surface area contributed by atoms with Crippen LogP contribution in [0, 0.1) is 5.92 Å². The largest absolute Gasteiger partial charge is 0.458 e. The molecular weight excluding hydrogens is 352 g/mol. The van der Waals surface area contributed by atoms with Crippen molar-refractivity contribution in [3.63, 3.8) is 0 Å². The van der Waals surface area contributed by atoms with Crippen LogP contribution in [-0.4, -0.2) is 58.8 Å². The summed E-state index contributed by atoms with van der Waals surface area (Å²) in [5, 5.41) is 28.2. The van der Waals surface area contributed by atoms with Gasteiger partial charge in [0.15, 0.2) is 0 Å². The molecule has 7 nitrogen and oxygen atoms in total. The molecule has 27 heavy (non-hydrogen) atoms. The van der Waals surface area contributed by atoms with Gasteiger partial charge in [-0.2, -0.15) is 0 Å². The van der Waals surface area contributed by atoms with E-state index in [1.807, 2.05) is 13.0 Å². The number of hydrogen-bond donors (Lipinski definition) is 3. The lowest BCUT2D eigenvalue weighted by Crippen LogP contribution is -2.35. The third kappa shape index (κ3) is 4.94. The van der Waals surface area contributed by atoms with E-state index in [0.717, 1.165) is 11.1 Å². The van der Waals surface area contributed by atoms with Gasteiger partial charge in [-0.15, -0.1) is 0 Å². The molecule has 148 valence electrons. The van der Waals surface area contributed by atoms with Crippen molar-refractivity contribution in [1.29, 1.82) is 0 Å². The van der Waals surface area contributed by atoms with Crippen LogP contribution in [0.15, 0.2) is 47.6 Å². The molecule has 0 saturated carbocycles. The van der Waals surface area contributed by atoms with E-state index in [1.165, 1.54) is 0 Å². The van der Waals surface area contributed by atoms with Crippen LogP contribution in [0.25, 0.3) is 0 Å². The van der Waals surface area contributed by atoms with E-state index in [0.29, 0.717) is 19.3 Å². The van der Waals surface area contributed by atoms with Gasteiger partial charge in [0.1, 0.15) is 18.3 Å². The molecule has 0 aromatic heterocycles. The highest BCUT2D eigenvalue weighted by Gasteiger charge is 2.44. The standard InChI is InChI=1S/C20H26O7/c1-11-5-4-6-14(9-21)8-17-18(13(3)20(25)27-17)16(7-11)26-19(24)12(2)15(23)10-22/h5,8,15-18,21-23H,2-4,6-7,9-10H2,1H3/b11-5-,14-8+/t15-,16+,17-,18-/m1/s1. The van der Waals surface area contributed by atoms with Gasteiger partial charge in [-0.05, 0) is 31.4 Å². The van der Waals surface area contributed by atoms with Crippen molar-refractivity contribution in [2.75, 3.05) is 13.2 Å². The first-order valence-electron chi connectivity index (χ1n) is 8.83. The zero-order chi connectivity index (χ0) is 20.1. The fourth-order valence-corrected chi connectivity index (χ4v) is 3.23. The molecule has 3 N–H and O–H groups in total. The molecule has 0 unspecified atom stereocenters. The highest BCUT2D eigenvalue weighted by molar-refractivity contribution is 5.92. The van der Waals surface area contributed by atoms with Crippen LogP contribution >= 0.6 is 0 Å². The summed E-state index contributed by atoms with van der Waals surface area (Å²) in [6, 6.07) is 0. The van der Waals surface area contributed by atoms with Crippen molar-refractivity contribution in [1.82, 2.24) is 0 Å². The molecule has 7 heteroatoms. The highest BCUT2D eigenvalue weighted by Crippen LogP contribution is 2.36. The number of aliphatic hydroxyl groups is 3. The minimum Gasteiger partial charge on any atom is -0.458 e. The number of ether oxygens (including phenoxy) is 2. The molecule has 0 aromatic rings. The normalized spacial score (nSPS) is 30.9. The lowest BCUT2D eigenvalue weighted by Gasteiger charge is -2.28. The molecule has 2 rings (SSSR count). The first-order chi connectivity index (χ1) is 12.8. The average Bonchev–Trinajstić information content (AvgIpc) is 2.92. The van der Waals surface area contributed by atoms with E-state index in [1.54, 1.807) is 6.08 Å². The summed E-state index contributed by atoms with van der Waals surface area (Å²) in [7, 11) is 0. The van der Waals surface area contributed by atoms with Crippen LogP contribution in [-0.2, 0) is 19.1 Å². The van der Waals surface area contributed by atoms with Crippen molar-refractivity contribution < 1.29 is 34.4 Å². The maximum atomic E-state index is 12.3. The number of fused-ring (bicyclic) bond motifs is 1. The second-order valence-corrected chi connectivity index (χ2v) is 6.86. The van der Waals surface area contributed by atoms with Crippen LogP contribution in [0.4, 0.5) is 0 Å². The summed E-state index contributed by atoms with van der Waals surface area (Å²) >= 11 is 0. The molecule has 1 heterocycles. The minimum atomic E-state index is -1.42. The van der Waals surface area contributed by atoms with E-state index >= 15 is 0 Å². The molecule has 1 saturated heterocycles. The van der Waals surface area contributed by atoms with Crippen LogP contribution in [0.5, 0.6) is 0 Å². The second-order valence-electron chi connectivity index (χ2n) is 6.86. The fourth-order valence-electron chi connectivity index (χ4n) is 3.23. The van der Waals surface area contributed by atoms with Gasteiger partial charge in [-0.25, -0.2) is 9.59 Å². The molecule has 0 spiro atoms. The Morgan fingerprint density at radius 1 is 1.44 bits per heavy atom. The van der Waals surface area contributed by atoms with Gasteiger partial charge >= 0.3 is 11.9 Å². The number of carbonyl (C=O) groups is 2. The fraction of sp³-hybridized carbons (Fsp3) is 0.500. The van der Waals surface area contributed by atoms with Gasteiger partial charge in [0.25, 0.3) is 0 Å². The van der Waals surface area contributed by atoms with Gasteiger partial charge in [-0.3, -0.25) is 0 Å². The Kier molecular flexibility index (Phi) is 7.12. The molecule has 1 aliphatic heterocycles. The zero-order valence-electron chi connectivity index (χ0n) is 15.4. The maximum Gasteiger partial charge on any atom is 0.336 e. The Morgan fingerprint density at radius 2 is 2.15 bits per heavy atom. The molecule has 0 aromatic carbocycles. The second kappa shape index (κ2) is 9.12. The summed E-state index contributed by atoms with van der Waals surface area (Å²) in [5.41, 5.74) is 1.60. The quantitative estimate of drug-likeness (QED) is 0.371. The summed E-state index contributed by atoms with van der Waals surface area (Å²) in [5.74, 6) is -2.05. The SMILES string of the molecule is C=C1C(=O)O[C@@H]2/C=C(/CO)CC/C=C(/C)C[C@H](OC(=O)C(=C)[C@H](O)CO)[C@@H]12. The lowest BCUT2D eigenvalue weighted by molar-refractivity contribution is -0.148. The predicted octanol–water partition coefficient (Wildman–Crippen LogP) is 0.954. The molecule has 4 atom stereocenters. The van der Waals surface area contributed by atoms with Crippen molar-refractivity contribution in [2.24, 2.45) is 5.92 Å². The van der Waals surface area contributed by atoms with Crippen LogP contribution in [0.2, 0.25) is 0 Å². The molecule has 2 aliphatic rings. The average molecular weight is 378 g/mol. The van der Waals surface area contributed by atoms with Crippen LogP contribution in [0.3, 0.4) is 0 Å². The summed E-state index contributed by atoms with van der Waals surface area (Å²) in [6.45, 7) is 8.32. The van der Waals surface area contributed by atoms with Crippen molar-refractivity contribution >= 4 is 11.9 Å². The number of allylic oxidation sites excluding steroid dienone is 1. The zero-order valence-corrected chi connectivity index (χ0v) is 15.4. The number of aliphatic hydroxyl groups excluding tert-OH is 3. The smallest absolute Gasteiger partial charge is 0.336 e. The number of rotatable bonds is 5. The Bertz CT molecular complexity index is 688. The summed E-state index contributed by atoms with van der Waals surface area (Å²) < 4.78 is 10.9. The number of carbonyl (C=O) groups excluding carboxylic acids is 2. The van der Waals surface area contributed by atoms with Crippen molar-refractivity contribution in [3.8, 4) is 0 Å². The highest BCUT2D eigenvalue weighted by atomic mass is 16.6. The molecule has 1 fully saturated rings. The summed E-state index contributed by atoms with van der Waals surface area (Å²) in [6.07, 6.45) is 2.46. The Labute approximate surface area is 158 Å². The molecule has 0 radical (unpaired) electrons. The van der Waals surface area contributed by atoms with E-state index in [2.05, 4.69) is 13.2 Å².